The van der Waals surface area contributed by atoms with Crippen LogP contribution in [0.3, 0.4) is 0 Å². The van der Waals surface area contributed by atoms with Crippen molar-refractivity contribution in [1.82, 2.24) is 0 Å². The number of nitrogens with zero attached hydrogens (tertiary/aromatic N) is 1. The van der Waals surface area contributed by atoms with Gasteiger partial charge >= 0.3 is 0 Å². The Hall–Kier alpha value is -3.01. The summed E-state index contributed by atoms with van der Waals surface area (Å²) in [7, 11) is 0.937. The molecule has 36 heavy (non-hydrogen) atoms. The van der Waals surface area contributed by atoms with Crippen LogP contribution in [0.1, 0.15) is 22.3 Å². The molecule has 6 aromatic rings. The van der Waals surface area contributed by atoms with Gasteiger partial charge in [-0.25, -0.2) is 0 Å². The Bertz CT molecular complexity index is 1840. The van der Waals surface area contributed by atoms with Crippen molar-refractivity contribution in [3.05, 3.63) is 89.1 Å². The van der Waals surface area contributed by atoms with Crippen LogP contribution >= 0.6 is 11.3 Å². The first kappa shape index (κ1) is 23.4. The first-order chi connectivity index (χ1) is 17.1. The summed E-state index contributed by atoms with van der Waals surface area (Å²) in [4.78, 5) is 0. The van der Waals surface area contributed by atoms with Gasteiger partial charge in [0.25, 0.3) is 0 Å². The molecule has 0 aliphatic rings. The van der Waals surface area contributed by atoms with Gasteiger partial charge in [-0.05, 0) is 65.7 Å². The molecule has 4 aromatic carbocycles. The first-order valence-corrected chi connectivity index (χ1v) is 17.4. The second-order valence-electron chi connectivity index (χ2n) is 11.7. The van der Waals surface area contributed by atoms with Crippen LogP contribution in [-0.4, -0.2) is 8.07 Å². The number of aromatic nitrogens is 1. The fraction of sp³-hybridized carbons (Fsp3) is 0.242. The van der Waals surface area contributed by atoms with Crippen LogP contribution in [-0.2, 0) is 13.1 Å². The smallest absolute Gasteiger partial charge is 0.200 e. The van der Waals surface area contributed by atoms with E-state index in [0.29, 0.717) is 0 Å². The van der Waals surface area contributed by atoms with Crippen molar-refractivity contribution in [2.24, 2.45) is 7.05 Å². The van der Waals surface area contributed by atoms with Crippen molar-refractivity contribution < 1.29 is 4.57 Å². The normalized spacial score (nSPS) is 12.4. The Kier molecular flexibility index (Phi) is 5.37. The van der Waals surface area contributed by atoms with Gasteiger partial charge in [0.2, 0.25) is 5.69 Å². The molecule has 0 saturated carbocycles. The van der Waals surface area contributed by atoms with Crippen molar-refractivity contribution >= 4 is 61.1 Å². The maximum atomic E-state index is 2.47. The van der Waals surface area contributed by atoms with Crippen LogP contribution in [0.2, 0.25) is 19.6 Å². The van der Waals surface area contributed by atoms with Gasteiger partial charge in [0.05, 0.1) is 5.56 Å². The predicted molar refractivity (Wildman–Crippen MR) is 162 cm³/mol. The number of aryl methyl sites for hydroxylation is 4. The molecule has 180 valence electrons. The van der Waals surface area contributed by atoms with E-state index in [1.165, 1.54) is 81.3 Å². The zero-order chi connectivity index (χ0) is 25.4. The minimum Gasteiger partial charge on any atom is -0.200 e. The highest BCUT2D eigenvalue weighted by atomic mass is 32.1. The van der Waals surface area contributed by atoms with E-state index in [2.05, 4.69) is 119 Å². The zero-order valence-electron chi connectivity index (χ0n) is 22.4. The number of fused-ring (bicyclic) bond motifs is 6. The minimum atomic E-state index is -1.26. The number of benzene rings is 4. The van der Waals surface area contributed by atoms with E-state index in [1.807, 2.05) is 11.3 Å². The summed E-state index contributed by atoms with van der Waals surface area (Å²) in [6.45, 7) is 14.1. The molecule has 0 radical (unpaired) electrons. The summed E-state index contributed by atoms with van der Waals surface area (Å²) in [6.07, 6.45) is 2.24. The van der Waals surface area contributed by atoms with Gasteiger partial charge in [-0.15, -0.1) is 11.3 Å². The third kappa shape index (κ3) is 3.68. The molecule has 0 amide bonds. The average molecular weight is 505 g/mol. The summed E-state index contributed by atoms with van der Waals surface area (Å²) >= 11 is 1.98. The number of hydrogen-bond acceptors (Lipinski definition) is 1. The first-order valence-electron chi connectivity index (χ1n) is 12.9. The lowest BCUT2D eigenvalue weighted by molar-refractivity contribution is -0.659. The van der Waals surface area contributed by atoms with Crippen molar-refractivity contribution in [3.63, 3.8) is 0 Å². The molecule has 0 bridgehead atoms. The largest absolute Gasteiger partial charge is 0.230 e. The third-order valence-corrected chi connectivity index (χ3v) is 10.3. The molecule has 0 aliphatic heterocycles. The molecule has 1 nitrogen and oxygen atoms in total. The fourth-order valence-corrected chi connectivity index (χ4v) is 8.93. The van der Waals surface area contributed by atoms with Crippen molar-refractivity contribution in [1.29, 1.82) is 0 Å². The summed E-state index contributed by atoms with van der Waals surface area (Å²) < 4.78 is 5.14. The van der Waals surface area contributed by atoms with Crippen molar-refractivity contribution in [2.75, 3.05) is 0 Å². The summed E-state index contributed by atoms with van der Waals surface area (Å²) in [5, 5.41) is 8.31. The number of pyridine rings is 1. The predicted octanol–water partition coefficient (Wildman–Crippen LogP) is 9.20. The van der Waals surface area contributed by atoms with Gasteiger partial charge in [-0.3, -0.25) is 0 Å². The molecule has 0 unspecified atom stereocenters. The molecule has 0 fully saturated rings. The maximum absolute atomic E-state index is 2.47. The number of thiophene rings is 1. The van der Waals surface area contributed by atoms with Gasteiger partial charge in [0.1, 0.15) is 11.7 Å². The Morgan fingerprint density at radius 1 is 0.778 bits per heavy atom. The quantitative estimate of drug-likeness (QED) is 0.167. The van der Waals surface area contributed by atoms with Crippen LogP contribution in [0.25, 0.3) is 53.0 Å². The van der Waals surface area contributed by atoms with Crippen molar-refractivity contribution in [2.45, 2.75) is 46.5 Å². The van der Waals surface area contributed by atoms with Gasteiger partial charge in [-0.2, -0.15) is 4.57 Å². The highest BCUT2D eigenvalue weighted by Crippen LogP contribution is 2.44. The summed E-state index contributed by atoms with van der Waals surface area (Å²) in [6, 6.07) is 24.4. The second-order valence-corrected chi connectivity index (χ2v) is 18.2. The van der Waals surface area contributed by atoms with E-state index in [1.54, 1.807) is 0 Å². The van der Waals surface area contributed by atoms with Crippen LogP contribution in [0.5, 0.6) is 0 Å². The maximum Gasteiger partial charge on any atom is 0.230 e. The second kappa shape index (κ2) is 8.26. The van der Waals surface area contributed by atoms with Crippen LogP contribution < -0.4 is 4.57 Å². The minimum absolute atomic E-state index is 1.21. The van der Waals surface area contributed by atoms with Gasteiger partial charge in [0.15, 0.2) is 6.20 Å². The molecule has 0 atom stereocenters. The highest BCUT2D eigenvalue weighted by Gasteiger charge is 2.24. The topological polar surface area (TPSA) is 3.88 Å². The van der Waals surface area contributed by atoms with Crippen LogP contribution in [0.4, 0.5) is 0 Å². The van der Waals surface area contributed by atoms with Gasteiger partial charge < -0.3 is 0 Å². The van der Waals surface area contributed by atoms with E-state index in [4.69, 9.17) is 0 Å². The van der Waals surface area contributed by atoms with E-state index in [0.717, 1.165) is 0 Å². The molecule has 6 rings (SSSR count). The molecular formula is C33H34NSSi+. The van der Waals surface area contributed by atoms with Crippen LogP contribution in [0, 0.1) is 20.8 Å². The Morgan fingerprint density at radius 2 is 1.53 bits per heavy atom. The Labute approximate surface area is 219 Å². The molecule has 0 saturated heterocycles. The fourth-order valence-electron chi connectivity index (χ4n) is 6.01. The molecule has 0 N–H and O–H groups in total. The lowest BCUT2D eigenvalue weighted by Gasteiger charge is -2.17. The van der Waals surface area contributed by atoms with Gasteiger partial charge in [-0.1, -0.05) is 73.7 Å². The van der Waals surface area contributed by atoms with E-state index in [-0.39, 0.29) is 0 Å². The highest BCUT2D eigenvalue weighted by molar-refractivity contribution is 7.27. The average Bonchev–Trinajstić information content (AvgIpc) is 3.18. The molecule has 3 heteroatoms. The van der Waals surface area contributed by atoms with Gasteiger partial charge in [0, 0.05) is 35.0 Å². The Morgan fingerprint density at radius 3 is 2.31 bits per heavy atom. The molecule has 0 spiro atoms. The lowest BCUT2D eigenvalue weighted by Crippen LogP contribution is -2.30. The van der Waals surface area contributed by atoms with E-state index in [9.17, 15) is 0 Å². The molecule has 2 aromatic heterocycles. The molecule has 2 heterocycles. The summed E-state index contributed by atoms with van der Waals surface area (Å²) in [5.74, 6) is 0. The Balaban J connectivity index is 1.70. The zero-order valence-corrected chi connectivity index (χ0v) is 24.2. The van der Waals surface area contributed by atoms with E-state index >= 15 is 0 Å². The lowest BCUT2D eigenvalue weighted by atomic mass is 9.93. The third-order valence-electron chi connectivity index (χ3n) is 7.59. The molecule has 0 aliphatic carbocycles. The standard InChI is InChI=1S/C33H34NSSi/c1-20-17-21(2)25-13-14-26(22(3)29(25)18-20)31-33-28(15-16-34(31)4)27-12-11-23-9-8-10-24(19-36(5,6)7)30(23)32(27)35-33/h8-18H,19H2,1-7H3/q+1. The monoisotopic (exact) mass is 504 g/mol. The SMILES string of the molecule is Cc1cc(C)c2ccc(-c3c4sc5c(ccc6cccc(C[Si](C)(C)C)c65)c4cc[n+]3C)c(C)c2c1. The van der Waals surface area contributed by atoms with Crippen molar-refractivity contribution in [3.8, 4) is 11.3 Å². The number of rotatable bonds is 3. The number of hydrogen-bond donors (Lipinski definition) is 0. The molecular weight excluding hydrogens is 471 g/mol. The summed E-state index contributed by atoms with van der Waals surface area (Å²) in [5.41, 5.74) is 8.21. The van der Waals surface area contributed by atoms with E-state index < -0.39 is 8.07 Å². The van der Waals surface area contributed by atoms with Crippen LogP contribution in [0.15, 0.2) is 66.9 Å².